The van der Waals surface area contributed by atoms with Crippen LogP contribution in [0.25, 0.3) is 11.4 Å². The number of carbonyl (C=O) groups is 1. The van der Waals surface area contributed by atoms with E-state index in [0.717, 1.165) is 48.9 Å². The second kappa shape index (κ2) is 8.14. The molecule has 2 amide bonds. The smallest absolute Gasteiger partial charge is 0.319 e. The minimum absolute atomic E-state index is 0.0915. The lowest BCUT2D eigenvalue weighted by Crippen LogP contribution is -2.37. The van der Waals surface area contributed by atoms with Gasteiger partial charge in [-0.05, 0) is 45.0 Å². The van der Waals surface area contributed by atoms with Crippen LogP contribution < -0.4 is 15.5 Å². The van der Waals surface area contributed by atoms with Crippen molar-refractivity contribution in [3.8, 4) is 11.4 Å². The predicted octanol–water partition coefficient (Wildman–Crippen LogP) is 2.82. The van der Waals surface area contributed by atoms with Gasteiger partial charge in [0.2, 0.25) is 0 Å². The SMILES string of the molecule is Cc1cnc(-c2ccc(NC(=O)NC(C)C)cc2)nc1N1CCOCC1. The molecule has 26 heavy (non-hydrogen) atoms. The van der Waals surface area contributed by atoms with E-state index in [0.29, 0.717) is 5.82 Å². The molecule has 7 heteroatoms. The van der Waals surface area contributed by atoms with Gasteiger partial charge >= 0.3 is 6.03 Å². The van der Waals surface area contributed by atoms with Gasteiger partial charge in [0.1, 0.15) is 5.82 Å². The van der Waals surface area contributed by atoms with Crippen LogP contribution in [0.2, 0.25) is 0 Å². The van der Waals surface area contributed by atoms with Gasteiger partial charge in [0, 0.05) is 42.1 Å². The van der Waals surface area contributed by atoms with E-state index < -0.39 is 0 Å². The molecule has 1 aromatic heterocycles. The molecule has 2 heterocycles. The van der Waals surface area contributed by atoms with Gasteiger partial charge < -0.3 is 20.3 Å². The molecule has 1 fully saturated rings. The number of hydrogen-bond donors (Lipinski definition) is 2. The maximum Gasteiger partial charge on any atom is 0.319 e. The Hall–Kier alpha value is -2.67. The third-order valence-electron chi connectivity index (χ3n) is 4.08. The van der Waals surface area contributed by atoms with Crippen molar-refractivity contribution in [1.82, 2.24) is 15.3 Å². The van der Waals surface area contributed by atoms with Crippen molar-refractivity contribution in [3.63, 3.8) is 0 Å². The number of anilines is 2. The highest BCUT2D eigenvalue weighted by molar-refractivity contribution is 5.89. The van der Waals surface area contributed by atoms with Crippen molar-refractivity contribution in [1.29, 1.82) is 0 Å². The lowest BCUT2D eigenvalue weighted by Gasteiger charge is -2.29. The van der Waals surface area contributed by atoms with Gasteiger partial charge in [0.25, 0.3) is 0 Å². The second-order valence-corrected chi connectivity index (χ2v) is 6.63. The molecular formula is C19H25N5O2. The summed E-state index contributed by atoms with van der Waals surface area (Å²) < 4.78 is 5.42. The summed E-state index contributed by atoms with van der Waals surface area (Å²) in [6.07, 6.45) is 1.86. The molecule has 3 rings (SSSR count). The number of aryl methyl sites for hydroxylation is 1. The fourth-order valence-corrected chi connectivity index (χ4v) is 2.80. The average Bonchev–Trinajstić information content (AvgIpc) is 2.63. The second-order valence-electron chi connectivity index (χ2n) is 6.63. The number of aromatic nitrogens is 2. The summed E-state index contributed by atoms with van der Waals surface area (Å²) in [5, 5.41) is 5.61. The van der Waals surface area contributed by atoms with E-state index in [1.54, 1.807) is 0 Å². The molecule has 7 nitrogen and oxygen atoms in total. The monoisotopic (exact) mass is 355 g/mol. The summed E-state index contributed by atoms with van der Waals surface area (Å²) >= 11 is 0. The Morgan fingerprint density at radius 3 is 2.54 bits per heavy atom. The minimum atomic E-state index is -0.214. The van der Waals surface area contributed by atoms with Crippen molar-refractivity contribution in [2.75, 3.05) is 36.5 Å². The van der Waals surface area contributed by atoms with Crippen LogP contribution in [-0.2, 0) is 4.74 Å². The molecule has 1 aliphatic rings. The molecule has 0 spiro atoms. The van der Waals surface area contributed by atoms with Crippen LogP contribution in [0.4, 0.5) is 16.3 Å². The molecule has 1 saturated heterocycles. The first-order chi connectivity index (χ1) is 12.5. The minimum Gasteiger partial charge on any atom is -0.378 e. The topological polar surface area (TPSA) is 79.4 Å². The molecule has 2 N–H and O–H groups in total. The lowest BCUT2D eigenvalue weighted by atomic mass is 10.2. The molecule has 0 radical (unpaired) electrons. The number of rotatable bonds is 4. The fraction of sp³-hybridized carbons (Fsp3) is 0.421. The first kappa shape index (κ1) is 18.1. The number of carbonyl (C=O) groups excluding carboxylic acids is 1. The van der Waals surface area contributed by atoms with Crippen LogP contribution in [0, 0.1) is 6.92 Å². The van der Waals surface area contributed by atoms with Gasteiger partial charge in [-0.3, -0.25) is 0 Å². The zero-order valence-corrected chi connectivity index (χ0v) is 15.5. The summed E-state index contributed by atoms with van der Waals surface area (Å²) in [5.41, 5.74) is 2.70. The first-order valence-corrected chi connectivity index (χ1v) is 8.87. The van der Waals surface area contributed by atoms with E-state index in [-0.39, 0.29) is 12.1 Å². The third-order valence-corrected chi connectivity index (χ3v) is 4.08. The standard InChI is InChI=1S/C19H25N5O2/c1-13(2)21-19(25)22-16-6-4-15(5-7-16)17-20-12-14(3)18(23-17)24-8-10-26-11-9-24/h4-7,12-13H,8-11H2,1-3H3,(H2,21,22,25). The Kier molecular flexibility index (Phi) is 5.68. The highest BCUT2D eigenvalue weighted by Crippen LogP contribution is 2.23. The van der Waals surface area contributed by atoms with Gasteiger partial charge in [-0.25, -0.2) is 14.8 Å². The molecule has 0 unspecified atom stereocenters. The van der Waals surface area contributed by atoms with Crippen molar-refractivity contribution in [3.05, 3.63) is 36.0 Å². The zero-order chi connectivity index (χ0) is 18.5. The number of morpholine rings is 1. The maximum atomic E-state index is 11.8. The Bertz CT molecular complexity index is 755. The number of ether oxygens (including phenoxy) is 1. The largest absolute Gasteiger partial charge is 0.378 e. The van der Waals surface area contributed by atoms with E-state index in [4.69, 9.17) is 9.72 Å². The van der Waals surface area contributed by atoms with E-state index in [1.807, 2.05) is 51.2 Å². The number of benzene rings is 1. The maximum absolute atomic E-state index is 11.8. The van der Waals surface area contributed by atoms with Crippen molar-refractivity contribution in [2.24, 2.45) is 0 Å². The van der Waals surface area contributed by atoms with Crippen LogP contribution in [0.3, 0.4) is 0 Å². The Morgan fingerprint density at radius 1 is 1.19 bits per heavy atom. The van der Waals surface area contributed by atoms with E-state index in [1.165, 1.54) is 0 Å². The summed E-state index contributed by atoms with van der Waals surface area (Å²) in [5.74, 6) is 1.63. The highest BCUT2D eigenvalue weighted by atomic mass is 16.5. The van der Waals surface area contributed by atoms with Gasteiger partial charge in [0.15, 0.2) is 5.82 Å². The highest BCUT2D eigenvalue weighted by Gasteiger charge is 2.16. The van der Waals surface area contributed by atoms with Gasteiger partial charge in [-0.15, -0.1) is 0 Å². The fourth-order valence-electron chi connectivity index (χ4n) is 2.80. The summed E-state index contributed by atoms with van der Waals surface area (Å²) in [4.78, 5) is 23.2. The normalized spacial score (nSPS) is 14.4. The molecule has 0 saturated carbocycles. The van der Waals surface area contributed by atoms with Crippen LogP contribution in [0.1, 0.15) is 19.4 Å². The van der Waals surface area contributed by atoms with Crippen LogP contribution in [0.15, 0.2) is 30.5 Å². The molecule has 0 atom stereocenters. The number of nitrogens with zero attached hydrogens (tertiary/aromatic N) is 3. The van der Waals surface area contributed by atoms with E-state index in [2.05, 4.69) is 20.5 Å². The van der Waals surface area contributed by atoms with Crippen molar-refractivity contribution >= 4 is 17.5 Å². The third kappa shape index (κ3) is 4.49. The Labute approximate surface area is 153 Å². The Morgan fingerprint density at radius 2 is 1.88 bits per heavy atom. The van der Waals surface area contributed by atoms with E-state index >= 15 is 0 Å². The molecular weight excluding hydrogens is 330 g/mol. The number of hydrogen-bond acceptors (Lipinski definition) is 5. The van der Waals surface area contributed by atoms with Crippen LogP contribution >= 0.6 is 0 Å². The Balaban J connectivity index is 1.75. The summed E-state index contributed by atoms with van der Waals surface area (Å²) in [7, 11) is 0. The van der Waals surface area contributed by atoms with Crippen LogP contribution in [-0.4, -0.2) is 48.3 Å². The average molecular weight is 355 g/mol. The lowest BCUT2D eigenvalue weighted by molar-refractivity contribution is 0.122. The van der Waals surface area contributed by atoms with Crippen molar-refractivity contribution in [2.45, 2.75) is 26.8 Å². The number of amides is 2. The first-order valence-electron chi connectivity index (χ1n) is 8.87. The number of urea groups is 1. The van der Waals surface area contributed by atoms with Gasteiger partial charge in [0.05, 0.1) is 13.2 Å². The summed E-state index contributed by atoms with van der Waals surface area (Å²) in [6, 6.07) is 7.42. The number of nitrogens with one attached hydrogen (secondary N) is 2. The summed E-state index contributed by atoms with van der Waals surface area (Å²) in [6.45, 7) is 8.98. The zero-order valence-electron chi connectivity index (χ0n) is 15.5. The molecule has 1 aromatic carbocycles. The molecule has 0 aliphatic carbocycles. The van der Waals surface area contributed by atoms with Gasteiger partial charge in [-0.2, -0.15) is 0 Å². The van der Waals surface area contributed by atoms with Crippen LogP contribution in [0.5, 0.6) is 0 Å². The van der Waals surface area contributed by atoms with Crippen molar-refractivity contribution < 1.29 is 9.53 Å². The molecule has 2 aromatic rings. The molecule has 138 valence electrons. The molecule has 1 aliphatic heterocycles. The molecule has 0 bridgehead atoms. The van der Waals surface area contributed by atoms with E-state index in [9.17, 15) is 4.79 Å². The van der Waals surface area contributed by atoms with Gasteiger partial charge in [-0.1, -0.05) is 0 Å². The quantitative estimate of drug-likeness (QED) is 0.882. The predicted molar refractivity (Wildman–Crippen MR) is 103 cm³/mol.